The van der Waals surface area contributed by atoms with Crippen LogP contribution in [0.1, 0.15) is 32.6 Å². The van der Waals surface area contributed by atoms with Crippen LogP contribution >= 0.6 is 0 Å². The van der Waals surface area contributed by atoms with E-state index in [0.29, 0.717) is 0 Å². The molecule has 1 rings (SSSR count). The van der Waals surface area contributed by atoms with Crippen LogP contribution in [0.5, 0.6) is 0 Å². The van der Waals surface area contributed by atoms with Crippen LogP contribution in [0.4, 0.5) is 0 Å². The monoisotopic (exact) mass is 258 g/mol. The van der Waals surface area contributed by atoms with Gasteiger partial charge in [0.25, 0.3) is 0 Å². The second-order valence-electron chi connectivity index (χ2n) is 5.60. The summed E-state index contributed by atoms with van der Waals surface area (Å²) in [6.45, 7) is 6.73. The van der Waals surface area contributed by atoms with Crippen LogP contribution < -0.4 is 5.73 Å². The first-order chi connectivity index (χ1) is 8.68. The maximum absolute atomic E-state index is 6.09. The lowest BCUT2D eigenvalue weighted by atomic mass is 9.93. The standard InChI is InChI=1S/C14H30N2O2/c1-13-5-6-14(11-13,12-15)16(8-10-18-3)7-4-9-17-2/h13H,4-12,15H2,1-3H3. The zero-order chi connectivity index (χ0) is 13.4. The molecule has 0 amide bonds. The topological polar surface area (TPSA) is 47.7 Å². The van der Waals surface area contributed by atoms with Gasteiger partial charge in [-0.05, 0) is 31.6 Å². The Kier molecular flexibility index (Phi) is 7.15. The van der Waals surface area contributed by atoms with E-state index in [1.807, 2.05) is 0 Å². The van der Waals surface area contributed by atoms with Gasteiger partial charge in [0.1, 0.15) is 0 Å². The van der Waals surface area contributed by atoms with Crippen molar-refractivity contribution in [3.05, 3.63) is 0 Å². The third kappa shape index (κ3) is 4.19. The third-order valence-corrected chi connectivity index (χ3v) is 4.22. The number of methoxy groups -OCH3 is 2. The molecule has 18 heavy (non-hydrogen) atoms. The summed E-state index contributed by atoms with van der Waals surface area (Å²) in [4.78, 5) is 2.54. The maximum atomic E-state index is 6.09. The van der Waals surface area contributed by atoms with Crippen molar-refractivity contribution in [2.75, 3.05) is 47.1 Å². The molecule has 1 fully saturated rings. The van der Waals surface area contributed by atoms with Gasteiger partial charge in [0.15, 0.2) is 0 Å². The fourth-order valence-electron chi connectivity index (χ4n) is 3.16. The Morgan fingerprint density at radius 2 is 1.94 bits per heavy atom. The zero-order valence-electron chi connectivity index (χ0n) is 12.3. The molecule has 1 aliphatic rings. The van der Waals surface area contributed by atoms with E-state index in [1.165, 1.54) is 19.3 Å². The fraction of sp³-hybridized carbons (Fsp3) is 1.00. The van der Waals surface area contributed by atoms with Gasteiger partial charge in [-0.3, -0.25) is 4.90 Å². The van der Waals surface area contributed by atoms with Crippen LogP contribution in [-0.4, -0.2) is 57.5 Å². The van der Waals surface area contributed by atoms with E-state index in [9.17, 15) is 0 Å². The molecule has 1 aliphatic carbocycles. The Balaban J connectivity index is 2.59. The molecule has 2 unspecified atom stereocenters. The molecule has 108 valence electrons. The van der Waals surface area contributed by atoms with E-state index >= 15 is 0 Å². The van der Waals surface area contributed by atoms with Gasteiger partial charge in [-0.15, -0.1) is 0 Å². The molecule has 0 aromatic rings. The van der Waals surface area contributed by atoms with Crippen molar-refractivity contribution in [3.8, 4) is 0 Å². The van der Waals surface area contributed by atoms with Gasteiger partial charge in [-0.1, -0.05) is 6.92 Å². The Bertz CT molecular complexity index is 226. The maximum Gasteiger partial charge on any atom is 0.0589 e. The SMILES string of the molecule is COCCCN(CCOC)C1(CN)CCC(C)C1. The van der Waals surface area contributed by atoms with Crippen LogP contribution in [0.3, 0.4) is 0 Å². The molecule has 4 nitrogen and oxygen atoms in total. The first-order valence-electron chi connectivity index (χ1n) is 7.11. The van der Waals surface area contributed by atoms with Gasteiger partial charge >= 0.3 is 0 Å². The van der Waals surface area contributed by atoms with E-state index in [0.717, 1.165) is 45.2 Å². The van der Waals surface area contributed by atoms with Crippen LogP contribution in [0.2, 0.25) is 0 Å². The molecule has 0 aromatic heterocycles. The second-order valence-corrected chi connectivity index (χ2v) is 5.60. The Morgan fingerprint density at radius 3 is 2.44 bits per heavy atom. The van der Waals surface area contributed by atoms with Gasteiger partial charge in [-0.2, -0.15) is 0 Å². The largest absolute Gasteiger partial charge is 0.385 e. The van der Waals surface area contributed by atoms with E-state index in [4.69, 9.17) is 15.2 Å². The quantitative estimate of drug-likeness (QED) is 0.637. The van der Waals surface area contributed by atoms with Crippen LogP contribution in [0.15, 0.2) is 0 Å². The van der Waals surface area contributed by atoms with Crippen molar-refractivity contribution >= 4 is 0 Å². The van der Waals surface area contributed by atoms with Crippen molar-refractivity contribution in [2.24, 2.45) is 11.7 Å². The van der Waals surface area contributed by atoms with E-state index in [-0.39, 0.29) is 5.54 Å². The molecule has 1 saturated carbocycles. The van der Waals surface area contributed by atoms with E-state index < -0.39 is 0 Å². The number of rotatable bonds is 9. The fourth-order valence-corrected chi connectivity index (χ4v) is 3.16. The predicted octanol–water partition coefficient (Wildman–Crippen LogP) is 1.49. The first kappa shape index (κ1) is 15.9. The summed E-state index contributed by atoms with van der Waals surface area (Å²) < 4.78 is 10.4. The molecule has 0 aromatic carbocycles. The first-order valence-corrected chi connectivity index (χ1v) is 7.11. The number of ether oxygens (including phenoxy) is 2. The van der Waals surface area contributed by atoms with E-state index in [2.05, 4.69) is 11.8 Å². The number of hydrogen-bond acceptors (Lipinski definition) is 4. The summed E-state index contributed by atoms with van der Waals surface area (Å²) in [6, 6.07) is 0. The summed E-state index contributed by atoms with van der Waals surface area (Å²) in [5, 5.41) is 0. The predicted molar refractivity (Wildman–Crippen MR) is 74.7 cm³/mol. The van der Waals surface area contributed by atoms with E-state index in [1.54, 1.807) is 14.2 Å². The van der Waals surface area contributed by atoms with Crippen molar-refractivity contribution < 1.29 is 9.47 Å². The van der Waals surface area contributed by atoms with Gasteiger partial charge in [0.2, 0.25) is 0 Å². The molecule has 0 aliphatic heterocycles. The van der Waals surface area contributed by atoms with Gasteiger partial charge in [0, 0.05) is 46.0 Å². The highest BCUT2D eigenvalue weighted by molar-refractivity contribution is 4.98. The molecule has 0 bridgehead atoms. The molecule has 4 heteroatoms. The molecule has 0 saturated heterocycles. The molecule has 0 heterocycles. The van der Waals surface area contributed by atoms with Crippen molar-refractivity contribution in [2.45, 2.75) is 38.1 Å². The molecular formula is C14H30N2O2. The van der Waals surface area contributed by atoms with Crippen molar-refractivity contribution in [3.63, 3.8) is 0 Å². The smallest absolute Gasteiger partial charge is 0.0589 e. The zero-order valence-corrected chi connectivity index (χ0v) is 12.3. The van der Waals surface area contributed by atoms with Crippen LogP contribution in [0.25, 0.3) is 0 Å². The molecule has 2 N–H and O–H groups in total. The van der Waals surface area contributed by atoms with Crippen molar-refractivity contribution in [1.82, 2.24) is 4.90 Å². The van der Waals surface area contributed by atoms with Crippen molar-refractivity contribution in [1.29, 1.82) is 0 Å². The summed E-state index contributed by atoms with van der Waals surface area (Å²) in [5.74, 6) is 0.793. The minimum atomic E-state index is 0.200. The number of nitrogens with two attached hydrogens (primary N) is 1. The average Bonchev–Trinajstić information content (AvgIpc) is 2.76. The Hall–Kier alpha value is -0.160. The summed E-state index contributed by atoms with van der Waals surface area (Å²) in [6.07, 6.45) is 4.81. The molecule has 2 atom stereocenters. The number of nitrogens with zero attached hydrogens (tertiary/aromatic N) is 1. The van der Waals surface area contributed by atoms with Crippen LogP contribution in [0, 0.1) is 5.92 Å². The van der Waals surface area contributed by atoms with Gasteiger partial charge in [0.05, 0.1) is 6.61 Å². The highest BCUT2D eigenvalue weighted by Crippen LogP contribution is 2.38. The third-order valence-electron chi connectivity index (χ3n) is 4.22. The molecular weight excluding hydrogens is 228 g/mol. The Morgan fingerprint density at radius 1 is 1.22 bits per heavy atom. The number of hydrogen-bond donors (Lipinski definition) is 1. The summed E-state index contributed by atoms with van der Waals surface area (Å²) >= 11 is 0. The normalized spacial score (nSPS) is 28.2. The minimum absolute atomic E-state index is 0.200. The van der Waals surface area contributed by atoms with Gasteiger partial charge in [-0.25, -0.2) is 0 Å². The lowest BCUT2D eigenvalue weighted by Crippen LogP contribution is -2.53. The minimum Gasteiger partial charge on any atom is -0.385 e. The molecule has 0 radical (unpaired) electrons. The van der Waals surface area contributed by atoms with Crippen LogP contribution in [-0.2, 0) is 9.47 Å². The highest BCUT2D eigenvalue weighted by Gasteiger charge is 2.40. The summed E-state index contributed by atoms with van der Waals surface area (Å²) in [5.41, 5.74) is 6.29. The average molecular weight is 258 g/mol. The lowest BCUT2D eigenvalue weighted by Gasteiger charge is -2.41. The Labute approximate surface area is 112 Å². The van der Waals surface area contributed by atoms with Gasteiger partial charge < -0.3 is 15.2 Å². The lowest BCUT2D eigenvalue weighted by molar-refractivity contribution is 0.0526. The second kappa shape index (κ2) is 8.10. The molecule has 0 spiro atoms. The summed E-state index contributed by atoms with van der Waals surface area (Å²) in [7, 11) is 3.52. The highest BCUT2D eigenvalue weighted by atomic mass is 16.5.